The number of morpholine rings is 2. The number of anilines is 10. The number of ether oxygens (including phenoxy) is 2. The molecule has 4 heterocycles. The van der Waals surface area contributed by atoms with Gasteiger partial charge in [0, 0.05) is 47.3 Å². The van der Waals surface area contributed by atoms with Crippen molar-refractivity contribution in [1.82, 2.24) is 29.9 Å². The summed E-state index contributed by atoms with van der Waals surface area (Å²) < 4.78 is 130. The molecular weight excluding hydrogens is 1160 g/mol. The Hall–Kier alpha value is -6.22. The van der Waals surface area contributed by atoms with Crippen LogP contribution in [0.1, 0.15) is 11.1 Å². The first-order chi connectivity index (χ1) is 37.4. The van der Waals surface area contributed by atoms with E-state index in [9.17, 15) is 38.9 Å². The SMILES string of the molecule is O=S(=O)(O)c1ccc(SOOO)c(Nc2nc(Nc3ccc(C=Cc4ccc(Nc5nc(Nc6cc(SOOO)ccc6S(=O)(=O)O)nc(N6CCOCC6)n5)cc4S(=O)(=O)O)c(SOOO)c3)nc(N3CCOCC3)n2)c1. The van der Waals surface area contributed by atoms with Crippen LogP contribution in [0, 0.1) is 0 Å². The maximum atomic E-state index is 12.9. The molecule has 2 saturated heterocycles. The molecule has 0 atom stereocenters. The van der Waals surface area contributed by atoms with Crippen LogP contribution in [0.4, 0.5) is 58.4 Å². The number of hydrogen-bond acceptors (Lipinski definition) is 32. The third-order valence-corrected chi connectivity index (χ3v) is 15.1. The molecule has 32 nitrogen and oxygen atoms in total. The molecule has 2 fully saturated rings. The summed E-state index contributed by atoms with van der Waals surface area (Å²) in [5.41, 5.74) is 0.478. The molecule has 2 aliphatic rings. The fourth-order valence-corrected chi connectivity index (χ4v) is 10.3. The molecule has 2 aliphatic heterocycles. The minimum Gasteiger partial charge on any atom is -0.378 e. The second-order valence-electron chi connectivity index (χ2n) is 15.5. The zero-order chi connectivity index (χ0) is 55.5. The molecule has 38 heteroatoms. The molecule has 0 radical (unpaired) electrons. The standard InChI is InChI=1S/C40H40N12O20S6/c53-67-70-73-27-7-10-33(77(59,60)61)30(21-27)44-38-46-36(48-40(50-38)52-13-17-66-18-14-52)42-26-6-4-24(34(20-26)78(62,63)64)2-1-23-3-5-25(19-32(23)75-72-69-55)41-35-45-37(49-39(47-35)51-11-15-65-16-12-51)43-29-22-28(76(56,57)58)8-9-31(29)74-71-68-54/h1-10,19-22,53-55H,11-18H2,(H,56,57,58)(H,59,60,61)(H,62,63,64)(H2,41,43,45,47,49)(H2,42,44,46,48,50). The lowest BCUT2D eigenvalue weighted by Crippen LogP contribution is -2.37. The highest BCUT2D eigenvalue weighted by Gasteiger charge is 2.24. The Bertz CT molecular complexity index is 3490. The summed E-state index contributed by atoms with van der Waals surface area (Å²) in [6.45, 7) is 2.79. The second-order valence-corrected chi connectivity index (χ2v) is 22.0. The third-order valence-electron chi connectivity index (χ3n) is 10.5. The fourth-order valence-electron chi connectivity index (χ4n) is 7.12. The summed E-state index contributed by atoms with van der Waals surface area (Å²) in [6.07, 6.45) is 2.82. The molecule has 0 unspecified atom stereocenters. The smallest absolute Gasteiger partial charge is 0.296 e. The van der Waals surface area contributed by atoms with E-state index in [4.69, 9.17) is 29.6 Å². The molecule has 0 saturated carbocycles. The van der Waals surface area contributed by atoms with E-state index < -0.39 is 45.0 Å². The Labute approximate surface area is 453 Å². The lowest BCUT2D eigenvalue weighted by molar-refractivity contribution is -0.432. The predicted octanol–water partition coefficient (Wildman–Crippen LogP) is 5.90. The highest BCUT2D eigenvalue weighted by Crippen LogP contribution is 2.36. The third kappa shape index (κ3) is 15.7. The van der Waals surface area contributed by atoms with E-state index in [0.29, 0.717) is 100.0 Å². The van der Waals surface area contributed by atoms with E-state index in [-0.39, 0.29) is 73.0 Å². The summed E-state index contributed by atoms with van der Waals surface area (Å²) in [4.78, 5) is 29.3. The van der Waals surface area contributed by atoms with Gasteiger partial charge in [0.05, 0.1) is 83.7 Å². The van der Waals surface area contributed by atoms with Gasteiger partial charge in [-0.3, -0.25) is 13.7 Å². The van der Waals surface area contributed by atoms with Crippen LogP contribution in [0.2, 0.25) is 0 Å². The molecule has 0 amide bonds. The van der Waals surface area contributed by atoms with Gasteiger partial charge < -0.3 is 40.5 Å². The van der Waals surface area contributed by atoms with E-state index >= 15 is 0 Å². The van der Waals surface area contributed by atoms with E-state index in [1.807, 2.05) is 0 Å². The van der Waals surface area contributed by atoms with Gasteiger partial charge in [0.15, 0.2) is 0 Å². The Morgan fingerprint density at radius 1 is 0.487 bits per heavy atom. The molecule has 0 bridgehead atoms. The van der Waals surface area contributed by atoms with Crippen LogP contribution in [0.25, 0.3) is 12.2 Å². The van der Waals surface area contributed by atoms with E-state index in [0.717, 1.165) is 24.3 Å². The summed E-state index contributed by atoms with van der Waals surface area (Å²) in [7, 11) is -14.5. The van der Waals surface area contributed by atoms with Crippen LogP contribution in [0.5, 0.6) is 0 Å². The second kappa shape index (κ2) is 26.2. The number of rotatable bonds is 24. The van der Waals surface area contributed by atoms with Gasteiger partial charge in [-0.05, 0) is 71.8 Å². The van der Waals surface area contributed by atoms with E-state index in [2.05, 4.69) is 75.0 Å². The summed E-state index contributed by atoms with van der Waals surface area (Å²) >= 11 is 1.53. The summed E-state index contributed by atoms with van der Waals surface area (Å²) in [6, 6.07) is 15.5. The van der Waals surface area contributed by atoms with Gasteiger partial charge in [-0.15, -0.1) is 13.0 Å². The molecule has 10 N–H and O–H groups in total. The normalized spacial score (nSPS) is 14.4. The van der Waals surface area contributed by atoms with Crippen LogP contribution >= 0.6 is 36.1 Å². The molecule has 0 spiro atoms. The van der Waals surface area contributed by atoms with Crippen molar-refractivity contribution >= 4 is 137 Å². The first-order valence-electron chi connectivity index (χ1n) is 21.7. The average Bonchev–Trinajstić information content (AvgIpc) is 3.41. The number of benzene rings is 4. The first kappa shape index (κ1) is 57.9. The van der Waals surface area contributed by atoms with Gasteiger partial charge >= 0.3 is 0 Å². The fraction of sp³-hybridized carbons (Fsp3) is 0.200. The molecule has 8 rings (SSSR count). The maximum absolute atomic E-state index is 12.9. The Morgan fingerprint density at radius 2 is 0.974 bits per heavy atom. The molecular formula is C40H40N12O20S6. The van der Waals surface area contributed by atoms with Gasteiger partial charge in [0.2, 0.25) is 35.7 Å². The van der Waals surface area contributed by atoms with Gasteiger partial charge in [0.1, 0.15) is 9.79 Å². The van der Waals surface area contributed by atoms with Crippen LogP contribution in [0.3, 0.4) is 0 Å². The first-order valence-corrected chi connectivity index (χ1v) is 28.3. The molecule has 6 aromatic rings. The largest absolute Gasteiger partial charge is 0.378 e. The van der Waals surface area contributed by atoms with Crippen molar-refractivity contribution in [3.05, 3.63) is 83.9 Å². The summed E-state index contributed by atoms with van der Waals surface area (Å²) in [5, 5.41) is 49.2. The average molecular weight is 1200 g/mol. The van der Waals surface area contributed by atoms with Crippen molar-refractivity contribution in [2.75, 3.05) is 83.7 Å². The number of nitrogens with zero attached hydrogens (tertiary/aromatic N) is 8. The number of nitrogens with one attached hydrogen (secondary N) is 4. The maximum Gasteiger partial charge on any atom is 0.296 e. The van der Waals surface area contributed by atoms with E-state index in [1.54, 1.807) is 21.9 Å². The Balaban J connectivity index is 1.08. The van der Waals surface area contributed by atoms with Crippen molar-refractivity contribution in [3.63, 3.8) is 0 Å². The van der Waals surface area contributed by atoms with Gasteiger partial charge in [-0.25, -0.2) is 15.8 Å². The Kier molecular flexibility index (Phi) is 19.4. The van der Waals surface area contributed by atoms with Crippen molar-refractivity contribution < 1.29 is 92.3 Å². The highest BCUT2D eigenvalue weighted by atomic mass is 32.2. The van der Waals surface area contributed by atoms with Crippen molar-refractivity contribution in [1.29, 1.82) is 0 Å². The zero-order valence-corrected chi connectivity index (χ0v) is 44.1. The summed E-state index contributed by atoms with van der Waals surface area (Å²) in [5.74, 6) is -0.351. The van der Waals surface area contributed by atoms with Gasteiger partial charge in [-0.1, -0.05) is 39.4 Å². The molecule has 0 aliphatic carbocycles. The van der Waals surface area contributed by atoms with Crippen LogP contribution in [-0.2, 0) is 67.9 Å². The highest BCUT2D eigenvalue weighted by molar-refractivity contribution is 7.95. The van der Waals surface area contributed by atoms with Crippen LogP contribution in [0.15, 0.2) is 102 Å². The molecule has 4 aromatic carbocycles. The minimum atomic E-state index is -4.96. The van der Waals surface area contributed by atoms with Gasteiger partial charge in [-0.2, -0.15) is 55.2 Å². The molecule has 416 valence electrons. The van der Waals surface area contributed by atoms with Crippen LogP contribution in [-0.4, -0.2) is 137 Å². The van der Waals surface area contributed by atoms with Crippen LogP contribution < -0.4 is 31.1 Å². The lowest BCUT2D eigenvalue weighted by atomic mass is 10.1. The molecule has 2 aromatic heterocycles. The number of hydrogen-bond donors (Lipinski definition) is 10. The monoisotopic (exact) mass is 1200 g/mol. The predicted molar refractivity (Wildman–Crippen MR) is 275 cm³/mol. The van der Waals surface area contributed by atoms with E-state index in [1.165, 1.54) is 48.6 Å². The molecule has 78 heavy (non-hydrogen) atoms. The topological polar surface area (TPSA) is 430 Å². The van der Waals surface area contributed by atoms with Crippen molar-refractivity contribution in [3.8, 4) is 0 Å². The Morgan fingerprint density at radius 3 is 1.51 bits per heavy atom. The quantitative estimate of drug-likeness (QED) is 0.0111. The van der Waals surface area contributed by atoms with Crippen molar-refractivity contribution in [2.24, 2.45) is 0 Å². The number of aromatic nitrogens is 6. The van der Waals surface area contributed by atoms with Gasteiger partial charge in [0.25, 0.3) is 30.4 Å². The van der Waals surface area contributed by atoms with Crippen molar-refractivity contribution in [2.45, 2.75) is 29.4 Å². The minimum absolute atomic E-state index is 0.00248. The zero-order valence-electron chi connectivity index (χ0n) is 39.2. The lowest BCUT2D eigenvalue weighted by Gasteiger charge is -2.27.